The summed E-state index contributed by atoms with van der Waals surface area (Å²) in [5, 5.41) is 0.628. The second-order valence-electron chi connectivity index (χ2n) is 7.59. The van der Waals surface area contributed by atoms with Gasteiger partial charge >= 0.3 is 0 Å². The smallest absolute Gasteiger partial charge is 0.279 e. The van der Waals surface area contributed by atoms with E-state index in [2.05, 4.69) is 11.9 Å². The fraction of sp³-hybridized carbons (Fsp3) is 0.200. The number of halogens is 1. The summed E-state index contributed by atoms with van der Waals surface area (Å²) in [5.74, 6) is -0.429. The zero-order valence-electron chi connectivity index (χ0n) is 18.8. The van der Waals surface area contributed by atoms with Gasteiger partial charge in [0, 0.05) is 23.7 Å². The highest BCUT2D eigenvalue weighted by atomic mass is 35.5. The van der Waals surface area contributed by atoms with Crippen molar-refractivity contribution in [3.63, 3.8) is 0 Å². The highest BCUT2D eigenvalue weighted by molar-refractivity contribution is 7.92. The van der Waals surface area contributed by atoms with Gasteiger partial charge in [-0.3, -0.25) is 9.10 Å². The lowest BCUT2D eigenvalue weighted by Gasteiger charge is -2.22. The molecule has 0 unspecified atom stereocenters. The van der Waals surface area contributed by atoms with Crippen LogP contribution in [0.5, 0.6) is 0 Å². The Morgan fingerprint density at radius 3 is 2.38 bits per heavy atom. The molecule has 0 spiro atoms. The molecule has 0 saturated heterocycles. The molecule has 1 amide bonds. The Morgan fingerprint density at radius 2 is 1.74 bits per heavy atom. The molecule has 1 aromatic heterocycles. The molecule has 6 nitrogen and oxygen atoms in total. The number of aromatic nitrogens is 1. The van der Waals surface area contributed by atoms with E-state index in [0.29, 0.717) is 21.1 Å². The lowest BCUT2D eigenvalue weighted by Crippen LogP contribution is -2.30. The molecule has 0 bridgehead atoms. The van der Waals surface area contributed by atoms with Crippen molar-refractivity contribution in [1.29, 1.82) is 0 Å². The van der Waals surface area contributed by atoms with E-state index in [4.69, 9.17) is 11.6 Å². The minimum absolute atomic E-state index is 0.118. The van der Waals surface area contributed by atoms with Gasteiger partial charge in [0.05, 0.1) is 20.8 Å². The van der Waals surface area contributed by atoms with E-state index >= 15 is 0 Å². The Kier molecular flexibility index (Phi) is 7.21. The van der Waals surface area contributed by atoms with Crippen molar-refractivity contribution in [2.75, 3.05) is 10.8 Å². The second-order valence-corrected chi connectivity index (χ2v) is 10.9. The van der Waals surface area contributed by atoms with E-state index in [1.165, 1.54) is 39.9 Å². The Morgan fingerprint density at radius 1 is 1.03 bits per heavy atom. The fourth-order valence-electron chi connectivity index (χ4n) is 3.71. The normalized spacial score (nSPS) is 12.3. The average Bonchev–Trinajstić information content (AvgIpc) is 3.16. The number of benzene rings is 3. The molecule has 0 fully saturated rings. The van der Waals surface area contributed by atoms with Gasteiger partial charge in [-0.2, -0.15) is 4.99 Å². The lowest BCUT2D eigenvalue weighted by molar-refractivity contribution is 0.0997. The maximum atomic E-state index is 13.2. The highest BCUT2D eigenvalue weighted by Crippen LogP contribution is 2.24. The zero-order chi connectivity index (χ0) is 24.3. The second kappa shape index (κ2) is 10.1. The first-order chi connectivity index (χ1) is 16.3. The van der Waals surface area contributed by atoms with Gasteiger partial charge < -0.3 is 4.57 Å². The molecule has 0 aliphatic carbocycles. The van der Waals surface area contributed by atoms with Crippen molar-refractivity contribution in [2.24, 2.45) is 4.99 Å². The molecule has 0 N–H and O–H groups in total. The maximum Gasteiger partial charge on any atom is 0.279 e. The van der Waals surface area contributed by atoms with Gasteiger partial charge in [0.25, 0.3) is 15.9 Å². The molecule has 34 heavy (non-hydrogen) atoms. The number of hydrogen-bond acceptors (Lipinski definition) is 4. The zero-order valence-corrected chi connectivity index (χ0v) is 21.2. The number of para-hydroxylation sites is 1. The number of amides is 1. The summed E-state index contributed by atoms with van der Waals surface area (Å²) >= 11 is 7.53. The number of carbonyl (C=O) groups is 1. The summed E-state index contributed by atoms with van der Waals surface area (Å²) in [7, 11) is -3.76. The predicted molar refractivity (Wildman–Crippen MR) is 138 cm³/mol. The standard InChI is InChI=1S/C25H24ClN3O3S2/c1-3-16-28-22-15-12-19(26)17-23(22)33-25(28)27-24(30)18-10-13-21(14-11-18)34(31,32)29(4-2)20-8-6-5-7-9-20/h5-15,17H,3-4,16H2,1-2H3. The van der Waals surface area contributed by atoms with Gasteiger partial charge in [0.2, 0.25) is 0 Å². The number of hydrogen-bond donors (Lipinski definition) is 0. The van der Waals surface area contributed by atoms with Crippen LogP contribution >= 0.6 is 22.9 Å². The number of aryl methyl sites for hydroxylation is 1. The minimum Gasteiger partial charge on any atom is -0.316 e. The van der Waals surface area contributed by atoms with E-state index in [1.54, 1.807) is 31.2 Å². The van der Waals surface area contributed by atoms with Crippen molar-refractivity contribution in [3.05, 3.63) is 88.2 Å². The third kappa shape index (κ3) is 4.80. The molecule has 0 aliphatic rings. The average molecular weight is 514 g/mol. The van der Waals surface area contributed by atoms with E-state index in [-0.39, 0.29) is 11.4 Å². The van der Waals surface area contributed by atoms with Crippen LogP contribution in [0.1, 0.15) is 30.6 Å². The fourth-order valence-corrected chi connectivity index (χ4v) is 6.51. The van der Waals surface area contributed by atoms with E-state index in [0.717, 1.165) is 23.2 Å². The molecule has 4 aromatic rings. The number of rotatable bonds is 7. The molecule has 1 heterocycles. The molecule has 176 valence electrons. The van der Waals surface area contributed by atoms with Gasteiger partial charge in [0.15, 0.2) is 4.80 Å². The summed E-state index contributed by atoms with van der Waals surface area (Å²) in [6, 6.07) is 20.5. The molecule has 0 aliphatic heterocycles. The molecular formula is C25H24ClN3O3S2. The molecule has 0 saturated carbocycles. The van der Waals surface area contributed by atoms with Crippen LogP contribution in [0.25, 0.3) is 10.2 Å². The number of anilines is 1. The van der Waals surface area contributed by atoms with Crippen LogP contribution in [0.15, 0.2) is 82.7 Å². The van der Waals surface area contributed by atoms with Crippen LogP contribution < -0.4 is 9.11 Å². The Bertz CT molecular complexity index is 1490. The van der Waals surface area contributed by atoms with Crippen molar-refractivity contribution in [1.82, 2.24) is 4.57 Å². The number of thiazole rings is 1. The Balaban J connectivity index is 1.67. The number of carbonyl (C=O) groups excluding carboxylic acids is 1. The predicted octanol–water partition coefficient (Wildman–Crippen LogP) is 5.72. The monoisotopic (exact) mass is 513 g/mol. The maximum absolute atomic E-state index is 13.2. The topological polar surface area (TPSA) is 71.7 Å². The van der Waals surface area contributed by atoms with Gasteiger partial charge in [-0.25, -0.2) is 8.42 Å². The quantitative estimate of drug-likeness (QED) is 0.317. The molecule has 0 atom stereocenters. The first-order valence-electron chi connectivity index (χ1n) is 10.9. The van der Waals surface area contributed by atoms with E-state index in [1.807, 2.05) is 28.8 Å². The largest absolute Gasteiger partial charge is 0.316 e. The summed E-state index contributed by atoms with van der Waals surface area (Å²) in [6.07, 6.45) is 0.887. The number of sulfonamides is 1. The molecule has 9 heteroatoms. The highest BCUT2D eigenvalue weighted by Gasteiger charge is 2.23. The first kappa shape index (κ1) is 24.2. The van der Waals surface area contributed by atoms with E-state index in [9.17, 15) is 13.2 Å². The molecular weight excluding hydrogens is 490 g/mol. The number of fused-ring (bicyclic) bond motifs is 1. The van der Waals surface area contributed by atoms with Gasteiger partial charge in [-0.1, -0.05) is 48.1 Å². The van der Waals surface area contributed by atoms with Crippen molar-refractivity contribution >= 4 is 54.8 Å². The van der Waals surface area contributed by atoms with Crippen LogP contribution in [-0.2, 0) is 16.6 Å². The molecule has 0 radical (unpaired) electrons. The molecule has 4 rings (SSSR count). The third-order valence-electron chi connectivity index (χ3n) is 5.31. The van der Waals surface area contributed by atoms with Crippen molar-refractivity contribution < 1.29 is 13.2 Å². The van der Waals surface area contributed by atoms with E-state index < -0.39 is 15.9 Å². The van der Waals surface area contributed by atoms with Gasteiger partial charge in [-0.15, -0.1) is 0 Å². The summed E-state index contributed by atoms with van der Waals surface area (Å²) in [6.45, 7) is 4.85. The minimum atomic E-state index is -3.76. The van der Waals surface area contributed by atoms with Crippen LogP contribution in [0.2, 0.25) is 5.02 Å². The summed E-state index contributed by atoms with van der Waals surface area (Å²) in [4.78, 5) is 18.0. The van der Waals surface area contributed by atoms with Crippen molar-refractivity contribution in [2.45, 2.75) is 31.7 Å². The van der Waals surface area contributed by atoms with Crippen LogP contribution in [0.3, 0.4) is 0 Å². The van der Waals surface area contributed by atoms with Crippen LogP contribution in [0, 0.1) is 0 Å². The summed E-state index contributed by atoms with van der Waals surface area (Å²) < 4.78 is 30.7. The third-order valence-corrected chi connectivity index (χ3v) is 8.50. The summed E-state index contributed by atoms with van der Waals surface area (Å²) in [5.41, 5.74) is 1.88. The SMILES string of the molecule is CCCn1c(=NC(=O)c2ccc(S(=O)(=O)N(CC)c3ccccc3)cc2)sc2cc(Cl)ccc21. The first-order valence-corrected chi connectivity index (χ1v) is 13.5. The van der Waals surface area contributed by atoms with Gasteiger partial charge in [-0.05, 0) is 67.9 Å². The Labute approximate surface area is 207 Å². The van der Waals surface area contributed by atoms with Gasteiger partial charge in [0.1, 0.15) is 0 Å². The van der Waals surface area contributed by atoms with Crippen LogP contribution in [0.4, 0.5) is 5.69 Å². The lowest BCUT2D eigenvalue weighted by atomic mass is 10.2. The van der Waals surface area contributed by atoms with Crippen LogP contribution in [-0.4, -0.2) is 25.4 Å². The van der Waals surface area contributed by atoms with Crippen molar-refractivity contribution in [3.8, 4) is 0 Å². The Hall–Kier alpha value is -2.94. The molecule has 3 aromatic carbocycles. The number of nitrogens with zero attached hydrogens (tertiary/aromatic N) is 3.